The average Bonchev–Trinajstić information content (AvgIpc) is 2.69. The third-order valence-corrected chi connectivity index (χ3v) is 3.78. The van der Waals surface area contributed by atoms with Crippen molar-refractivity contribution in [3.05, 3.63) is 29.6 Å². The molecule has 0 fully saturated rings. The lowest BCUT2D eigenvalue weighted by Crippen LogP contribution is -2.27. The largest absolute Gasteiger partial charge is 0.321 e. The summed E-state index contributed by atoms with van der Waals surface area (Å²) in [5.41, 5.74) is 3.57. The SMILES string of the molecule is CCC(C)(C)n1c(CCl)nc2cccc(C)c21. The van der Waals surface area contributed by atoms with E-state index in [-0.39, 0.29) is 5.54 Å². The Morgan fingerprint density at radius 2 is 2.06 bits per heavy atom. The molecule has 17 heavy (non-hydrogen) atoms. The normalized spacial score (nSPS) is 12.3. The van der Waals surface area contributed by atoms with Crippen molar-refractivity contribution in [2.24, 2.45) is 0 Å². The van der Waals surface area contributed by atoms with Crippen molar-refractivity contribution in [3.63, 3.8) is 0 Å². The number of benzene rings is 1. The van der Waals surface area contributed by atoms with Crippen LogP contribution in [0.25, 0.3) is 11.0 Å². The van der Waals surface area contributed by atoms with E-state index in [1.54, 1.807) is 0 Å². The highest BCUT2D eigenvalue weighted by Crippen LogP contribution is 2.30. The van der Waals surface area contributed by atoms with Gasteiger partial charge in [-0.1, -0.05) is 19.1 Å². The van der Waals surface area contributed by atoms with E-state index in [4.69, 9.17) is 11.6 Å². The summed E-state index contributed by atoms with van der Waals surface area (Å²) in [6.07, 6.45) is 1.05. The number of aryl methyl sites for hydroxylation is 1. The highest BCUT2D eigenvalue weighted by atomic mass is 35.5. The minimum absolute atomic E-state index is 0.0467. The number of aromatic nitrogens is 2. The molecule has 0 saturated carbocycles. The van der Waals surface area contributed by atoms with E-state index in [2.05, 4.69) is 49.4 Å². The average molecular weight is 251 g/mol. The minimum atomic E-state index is 0.0467. The number of halogens is 1. The van der Waals surface area contributed by atoms with Crippen LogP contribution >= 0.6 is 11.6 Å². The summed E-state index contributed by atoms with van der Waals surface area (Å²) in [4.78, 5) is 4.64. The Balaban J connectivity index is 2.83. The predicted molar refractivity (Wildman–Crippen MR) is 73.6 cm³/mol. The van der Waals surface area contributed by atoms with Gasteiger partial charge >= 0.3 is 0 Å². The van der Waals surface area contributed by atoms with Gasteiger partial charge in [-0.2, -0.15) is 0 Å². The minimum Gasteiger partial charge on any atom is -0.321 e. The molecule has 0 N–H and O–H groups in total. The Hall–Kier alpha value is -1.02. The maximum absolute atomic E-state index is 6.04. The Labute approximate surface area is 108 Å². The van der Waals surface area contributed by atoms with Crippen molar-refractivity contribution in [3.8, 4) is 0 Å². The van der Waals surface area contributed by atoms with Gasteiger partial charge in [0.15, 0.2) is 0 Å². The van der Waals surface area contributed by atoms with Crippen molar-refractivity contribution < 1.29 is 0 Å². The van der Waals surface area contributed by atoms with Crippen LogP contribution in [0.3, 0.4) is 0 Å². The molecule has 0 unspecified atom stereocenters. The lowest BCUT2D eigenvalue weighted by atomic mass is 10.0. The van der Waals surface area contributed by atoms with Crippen molar-refractivity contribution in [1.29, 1.82) is 0 Å². The van der Waals surface area contributed by atoms with Crippen LogP contribution in [0.15, 0.2) is 18.2 Å². The third kappa shape index (κ3) is 1.95. The van der Waals surface area contributed by atoms with Crippen LogP contribution in [0.1, 0.15) is 38.6 Å². The molecule has 2 nitrogen and oxygen atoms in total. The molecule has 92 valence electrons. The fraction of sp³-hybridized carbons (Fsp3) is 0.500. The van der Waals surface area contributed by atoms with Crippen LogP contribution in [0.2, 0.25) is 0 Å². The second kappa shape index (κ2) is 4.34. The molecule has 3 heteroatoms. The van der Waals surface area contributed by atoms with Gasteiger partial charge in [-0.05, 0) is 38.8 Å². The Morgan fingerprint density at radius 1 is 1.35 bits per heavy atom. The number of hydrogen-bond acceptors (Lipinski definition) is 1. The summed E-state index contributed by atoms with van der Waals surface area (Å²) in [5.74, 6) is 1.42. The molecule has 0 bridgehead atoms. The van der Waals surface area contributed by atoms with Gasteiger partial charge in [-0.25, -0.2) is 4.98 Å². The number of hydrogen-bond donors (Lipinski definition) is 0. The fourth-order valence-corrected chi connectivity index (χ4v) is 2.42. The molecule has 0 radical (unpaired) electrons. The molecule has 0 saturated heterocycles. The molecule has 0 amide bonds. The summed E-state index contributed by atoms with van der Waals surface area (Å²) in [6.45, 7) is 8.79. The molecule has 0 spiro atoms. The number of nitrogens with zero attached hydrogens (tertiary/aromatic N) is 2. The smallest absolute Gasteiger partial charge is 0.125 e. The molecule has 1 aromatic carbocycles. The number of fused-ring (bicyclic) bond motifs is 1. The quantitative estimate of drug-likeness (QED) is 0.746. The highest BCUT2D eigenvalue weighted by Gasteiger charge is 2.24. The van der Waals surface area contributed by atoms with Gasteiger partial charge in [0.2, 0.25) is 0 Å². The van der Waals surface area contributed by atoms with Gasteiger partial charge in [-0.15, -0.1) is 11.6 Å². The van der Waals surface area contributed by atoms with E-state index in [0.29, 0.717) is 5.88 Å². The van der Waals surface area contributed by atoms with Crippen molar-refractivity contribution in [2.45, 2.75) is 45.5 Å². The van der Waals surface area contributed by atoms with E-state index in [1.807, 2.05) is 6.07 Å². The Bertz CT molecular complexity index is 540. The van der Waals surface area contributed by atoms with Crippen molar-refractivity contribution >= 4 is 22.6 Å². The lowest BCUT2D eigenvalue weighted by molar-refractivity contribution is 0.344. The zero-order chi connectivity index (χ0) is 12.6. The molecule has 0 aliphatic carbocycles. The first-order chi connectivity index (χ1) is 8.01. The van der Waals surface area contributed by atoms with E-state index in [9.17, 15) is 0 Å². The van der Waals surface area contributed by atoms with Gasteiger partial charge < -0.3 is 4.57 Å². The summed E-state index contributed by atoms with van der Waals surface area (Å²) >= 11 is 6.04. The fourth-order valence-electron chi connectivity index (χ4n) is 2.24. The molecule has 2 aromatic rings. The van der Waals surface area contributed by atoms with Gasteiger partial charge in [0.1, 0.15) is 5.82 Å². The van der Waals surface area contributed by atoms with E-state index >= 15 is 0 Å². The predicted octanol–water partition coefficient (Wildman–Crippen LogP) is 4.23. The second-order valence-electron chi connectivity index (χ2n) is 5.11. The first kappa shape index (κ1) is 12.4. The second-order valence-corrected chi connectivity index (χ2v) is 5.37. The number of rotatable bonds is 3. The lowest BCUT2D eigenvalue weighted by Gasteiger charge is -2.28. The third-order valence-electron chi connectivity index (χ3n) is 3.54. The van der Waals surface area contributed by atoms with Crippen LogP contribution in [-0.4, -0.2) is 9.55 Å². The van der Waals surface area contributed by atoms with Crippen LogP contribution < -0.4 is 0 Å². The topological polar surface area (TPSA) is 17.8 Å². The molecular weight excluding hydrogens is 232 g/mol. The highest BCUT2D eigenvalue weighted by molar-refractivity contribution is 6.16. The van der Waals surface area contributed by atoms with Crippen LogP contribution in [0.4, 0.5) is 0 Å². The van der Waals surface area contributed by atoms with Crippen LogP contribution in [-0.2, 0) is 11.4 Å². The maximum Gasteiger partial charge on any atom is 0.125 e. The summed E-state index contributed by atoms with van der Waals surface area (Å²) in [5, 5.41) is 0. The number of para-hydroxylation sites is 1. The van der Waals surface area contributed by atoms with Gasteiger partial charge in [0, 0.05) is 5.54 Å². The Kier molecular flexibility index (Phi) is 3.17. The number of alkyl halides is 1. The van der Waals surface area contributed by atoms with Crippen molar-refractivity contribution in [1.82, 2.24) is 9.55 Å². The molecule has 1 heterocycles. The summed E-state index contributed by atoms with van der Waals surface area (Å²) < 4.78 is 2.30. The molecule has 0 aliphatic heterocycles. The maximum atomic E-state index is 6.04. The van der Waals surface area contributed by atoms with Gasteiger partial charge in [-0.3, -0.25) is 0 Å². The molecule has 0 aliphatic rings. The summed E-state index contributed by atoms with van der Waals surface area (Å²) in [7, 11) is 0. The zero-order valence-corrected chi connectivity index (χ0v) is 11.7. The Morgan fingerprint density at radius 3 is 2.65 bits per heavy atom. The first-order valence-corrected chi connectivity index (χ1v) is 6.58. The molecule has 1 aromatic heterocycles. The molecule has 0 atom stereocenters. The van der Waals surface area contributed by atoms with Gasteiger partial charge in [0.05, 0.1) is 16.9 Å². The standard InChI is InChI=1S/C14H19ClN2/c1-5-14(3,4)17-12(9-15)16-11-8-6-7-10(2)13(11)17/h6-8H,5,9H2,1-4H3. The molecular formula is C14H19ClN2. The van der Waals surface area contributed by atoms with Gasteiger partial charge in [0.25, 0.3) is 0 Å². The van der Waals surface area contributed by atoms with Crippen LogP contribution in [0, 0.1) is 6.92 Å². The number of imidazole rings is 1. The van der Waals surface area contributed by atoms with Crippen molar-refractivity contribution in [2.75, 3.05) is 0 Å². The molecule has 2 rings (SSSR count). The van der Waals surface area contributed by atoms with E-state index < -0.39 is 0 Å². The van der Waals surface area contributed by atoms with E-state index in [0.717, 1.165) is 17.8 Å². The first-order valence-electron chi connectivity index (χ1n) is 6.04. The van der Waals surface area contributed by atoms with E-state index in [1.165, 1.54) is 11.1 Å². The monoisotopic (exact) mass is 250 g/mol. The van der Waals surface area contributed by atoms with Crippen LogP contribution in [0.5, 0.6) is 0 Å². The zero-order valence-electron chi connectivity index (χ0n) is 10.9. The summed E-state index contributed by atoms with van der Waals surface area (Å²) in [6, 6.07) is 6.23.